The predicted octanol–water partition coefficient (Wildman–Crippen LogP) is 4.71. The second-order valence-electron chi connectivity index (χ2n) is 11.3. The van der Waals surface area contributed by atoms with Crippen molar-refractivity contribution in [2.75, 3.05) is 26.2 Å². The number of carbonyl (C=O) groups excluding carboxylic acids is 3. The van der Waals surface area contributed by atoms with Crippen molar-refractivity contribution in [1.82, 2.24) is 14.7 Å². The highest BCUT2D eigenvalue weighted by Crippen LogP contribution is 2.39. The third kappa shape index (κ3) is 5.20. The van der Waals surface area contributed by atoms with E-state index in [2.05, 4.69) is 53.4 Å². The van der Waals surface area contributed by atoms with E-state index >= 15 is 0 Å². The number of rotatable bonds is 7. The van der Waals surface area contributed by atoms with Crippen LogP contribution in [0.4, 0.5) is 0 Å². The standard InChI is InChI=1S/C34H37N3O3/c38-32-28-18-10-11-19-29(28)33(39)37(32)30(24-25-12-4-1-5-13-25)34(40)36-22-20-35(21-23-36)31(26-14-6-2-7-15-26)27-16-8-3-9-17-27/h1-9,12-17,28-31H,10-11,18-24H2/t28-,29+,30-/m1/s1. The minimum absolute atomic E-state index is 0.102. The van der Waals surface area contributed by atoms with E-state index in [-0.39, 0.29) is 35.6 Å². The van der Waals surface area contributed by atoms with Crippen molar-refractivity contribution < 1.29 is 14.4 Å². The number of carbonyl (C=O) groups is 3. The van der Waals surface area contributed by atoms with Gasteiger partial charge in [0.25, 0.3) is 0 Å². The lowest BCUT2D eigenvalue weighted by Crippen LogP contribution is -2.57. The first kappa shape index (κ1) is 26.5. The van der Waals surface area contributed by atoms with E-state index in [0.29, 0.717) is 32.6 Å². The van der Waals surface area contributed by atoms with Crippen molar-refractivity contribution in [3.05, 3.63) is 108 Å². The van der Waals surface area contributed by atoms with Gasteiger partial charge in [-0.15, -0.1) is 0 Å². The quantitative estimate of drug-likeness (QED) is 0.412. The van der Waals surface area contributed by atoms with Gasteiger partial charge in [-0.3, -0.25) is 24.2 Å². The fraction of sp³-hybridized carbons (Fsp3) is 0.382. The summed E-state index contributed by atoms with van der Waals surface area (Å²) in [5, 5.41) is 0. The molecule has 0 bridgehead atoms. The highest BCUT2D eigenvalue weighted by Gasteiger charge is 2.52. The van der Waals surface area contributed by atoms with Gasteiger partial charge in [-0.05, 0) is 29.5 Å². The van der Waals surface area contributed by atoms with Crippen LogP contribution in [0.25, 0.3) is 0 Å². The predicted molar refractivity (Wildman–Crippen MR) is 154 cm³/mol. The van der Waals surface area contributed by atoms with E-state index in [1.54, 1.807) is 0 Å². The largest absolute Gasteiger partial charge is 0.338 e. The van der Waals surface area contributed by atoms with E-state index in [0.717, 1.165) is 31.2 Å². The second kappa shape index (κ2) is 11.8. The number of nitrogens with zero attached hydrogens (tertiary/aromatic N) is 3. The molecule has 3 aromatic rings. The summed E-state index contributed by atoms with van der Waals surface area (Å²) in [6.07, 6.45) is 3.79. The minimum Gasteiger partial charge on any atom is -0.338 e. The lowest BCUT2D eigenvalue weighted by atomic mass is 9.81. The van der Waals surface area contributed by atoms with Gasteiger partial charge >= 0.3 is 0 Å². The molecule has 6 nitrogen and oxygen atoms in total. The van der Waals surface area contributed by atoms with E-state index in [4.69, 9.17) is 0 Å². The van der Waals surface area contributed by atoms with Gasteiger partial charge in [0.1, 0.15) is 6.04 Å². The lowest BCUT2D eigenvalue weighted by Gasteiger charge is -2.41. The second-order valence-corrected chi connectivity index (χ2v) is 11.3. The summed E-state index contributed by atoms with van der Waals surface area (Å²) in [7, 11) is 0. The van der Waals surface area contributed by atoms with Crippen LogP contribution in [-0.4, -0.2) is 64.6 Å². The average molecular weight is 536 g/mol. The Bertz CT molecular complexity index is 1260. The number of hydrogen-bond donors (Lipinski definition) is 0. The number of piperazine rings is 1. The molecule has 3 atom stereocenters. The van der Waals surface area contributed by atoms with Gasteiger partial charge in [0.15, 0.2) is 0 Å². The Labute approximate surface area is 236 Å². The van der Waals surface area contributed by atoms with E-state index in [9.17, 15) is 14.4 Å². The fourth-order valence-corrected chi connectivity index (χ4v) is 6.92. The van der Waals surface area contributed by atoms with Crippen LogP contribution in [0.15, 0.2) is 91.0 Å². The minimum atomic E-state index is -0.793. The molecule has 0 radical (unpaired) electrons. The summed E-state index contributed by atoms with van der Waals surface area (Å²) >= 11 is 0. The van der Waals surface area contributed by atoms with Crippen molar-refractivity contribution >= 4 is 17.7 Å². The Morgan fingerprint density at radius 3 is 1.65 bits per heavy atom. The van der Waals surface area contributed by atoms with Gasteiger partial charge < -0.3 is 4.90 Å². The molecule has 206 valence electrons. The van der Waals surface area contributed by atoms with Crippen molar-refractivity contribution in [2.45, 2.75) is 44.2 Å². The molecular formula is C34H37N3O3. The van der Waals surface area contributed by atoms with Crippen LogP contribution >= 0.6 is 0 Å². The number of benzene rings is 3. The normalized spacial score (nSPS) is 22.4. The van der Waals surface area contributed by atoms with E-state index in [1.807, 2.05) is 47.4 Å². The van der Waals surface area contributed by atoms with Crippen LogP contribution in [0.3, 0.4) is 0 Å². The molecule has 3 amide bonds. The molecule has 3 aromatic carbocycles. The summed E-state index contributed by atoms with van der Waals surface area (Å²) in [4.78, 5) is 46.9. The molecule has 2 saturated heterocycles. The Kier molecular flexibility index (Phi) is 7.78. The molecule has 3 aliphatic rings. The first-order chi connectivity index (χ1) is 19.6. The highest BCUT2D eigenvalue weighted by atomic mass is 16.2. The summed E-state index contributed by atoms with van der Waals surface area (Å²) in [6.45, 7) is 2.55. The number of fused-ring (bicyclic) bond motifs is 1. The molecule has 1 aliphatic carbocycles. The third-order valence-electron chi connectivity index (χ3n) is 8.97. The van der Waals surface area contributed by atoms with Crippen LogP contribution < -0.4 is 0 Å². The molecule has 6 rings (SSSR count). The van der Waals surface area contributed by atoms with Gasteiger partial charge in [-0.2, -0.15) is 0 Å². The van der Waals surface area contributed by atoms with Gasteiger partial charge in [-0.25, -0.2) is 0 Å². The molecule has 1 saturated carbocycles. The van der Waals surface area contributed by atoms with Gasteiger partial charge in [-0.1, -0.05) is 104 Å². The molecule has 2 heterocycles. The van der Waals surface area contributed by atoms with Crippen LogP contribution in [0.1, 0.15) is 48.4 Å². The maximum absolute atomic E-state index is 14.2. The zero-order valence-electron chi connectivity index (χ0n) is 22.9. The molecule has 40 heavy (non-hydrogen) atoms. The van der Waals surface area contributed by atoms with Crippen molar-refractivity contribution in [3.63, 3.8) is 0 Å². The summed E-state index contributed by atoms with van der Waals surface area (Å²) in [6, 6.07) is 30.1. The summed E-state index contributed by atoms with van der Waals surface area (Å²) in [5.41, 5.74) is 3.42. The monoisotopic (exact) mass is 535 g/mol. The summed E-state index contributed by atoms with van der Waals surface area (Å²) in [5.74, 6) is -0.921. The lowest BCUT2D eigenvalue weighted by molar-refractivity contribution is -0.152. The van der Waals surface area contributed by atoms with Gasteiger partial charge in [0, 0.05) is 32.6 Å². The maximum Gasteiger partial charge on any atom is 0.246 e. The molecule has 0 unspecified atom stereocenters. The Hall–Kier alpha value is -3.77. The van der Waals surface area contributed by atoms with Crippen LogP contribution in [0, 0.1) is 11.8 Å². The average Bonchev–Trinajstić information content (AvgIpc) is 3.27. The smallest absolute Gasteiger partial charge is 0.246 e. The van der Waals surface area contributed by atoms with Gasteiger partial charge in [0.2, 0.25) is 17.7 Å². The SMILES string of the molecule is O=C([C@@H](Cc1ccccc1)N1C(=O)[C@H]2CCCC[C@H]2C1=O)N1CCN(C(c2ccccc2)c2ccccc2)CC1. The van der Waals surface area contributed by atoms with Crippen LogP contribution in [0.2, 0.25) is 0 Å². The number of hydrogen-bond acceptors (Lipinski definition) is 4. The highest BCUT2D eigenvalue weighted by molar-refractivity contribution is 6.08. The molecule has 0 spiro atoms. The van der Waals surface area contributed by atoms with E-state index < -0.39 is 6.04 Å². The number of likely N-dealkylation sites (tertiary alicyclic amines) is 1. The molecule has 0 N–H and O–H groups in total. The van der Waals surface area contributed by atoms with Crippen molar-refractivity contribution in [2.24, 2.45) is 11.8 Å². The van der Waals surface area contributed by atoms with Crippen LogP contribution in [0.5, 0.6) is 0 Å². The van der Waals surface area contributed by atoms with Crippen molar-refractivity contribution in [1.29, 1.82) is 0 Å². The first-order valence-electron chi connectivity index (χ1n) is 14.7. The number of imide groups is 1. The molecule has 2 aliphatic heterocycles. The van der Waals surface area contributed by atoms with E-state index in [1.165, 1.54) is 16.0 Å². The molecule has 3 fully saturated rings. The zero-order chi connectivity index (χ0) is 27.5. The van der Waals surface area contributed by atoms with Crippen molar-refractivity contribution in [3.8, 4) is 0 Å². The number of amides is 3. The molecule has 6 heteroatoms. The Balaban J connectivity index is 1.23. The topological polar surface area (TPSA) is 60.9 Å². The first-order valence-corrected chi connectivity index (χ1v) is 14.7. The Morgan fingerprint density at radius 1 is 0.675 bits per heavy atom. The summed E-state index contributed by atoms with van der Waals surface area (Å²) < 4.78 is 0. The zero-order valence-corrected chi connectivity index (χ0v) is 22.9. The molecular weight excluding hydrogens is 498 g/mol. The van der Waals surface area contributed by atoms with Gasteiger partial charge in [0.05, 0.1) is 17.9 Å². The third-order valence-corrected chi connectivity index (χ3v) is 8.97. The van der Waals surface area contributed by atoms with Crippen LogP contribution in [-0.2, 0) is 20.8 Å². The molecule has 0 aromatic heterocycles. The maximum atomic E-state index is 14.2. The fourth-order valence-electron chi connectivity index (χ4n) is 6.92. The Morgan fingerprint density at radius 2 is 1.15 bits per heavy atom.